The van der Waals surface area contributed by atoms with Crippen molar-refractivity contribution in [3.05, 3.63) is 83.6 Å². The average Bonchev–Trinajstić information content (AvgIpc) is 3.91. The number of nitrogens with zero attached hydrogens (tertiary/aromatic N) is 4. The highest BCUT2D eigenvalue weighted by molar-refractivity contribution is 5.88. The summed E-state index contributed by atoms with van der Waals surface area (Å²) < 4.78 is 42.1. The predicted octanol–water partition coefficient (Wildman–Crippen LogP) is 8.55. The van der Waals surface area contributed by atoms with Crippen LogP contribution in [0, 0.1) is 37.0 Å². The summed E-state index contributed by atoms with van der Waals surface area (Å²) >= 11 is 0. The maximum absolute atomic E-state index is 16.4. The van der Waals surface area contributed by atoms with Gasteiger partial charge in [0.05, 0.1) is 49.7 Å². The van der Waals surface area contributed by atoms with Crippen molar-refractivity contribution in [2.75, 3.05) is 33.9 Å². The number of alkyl carbamates (subject to hydrolysis) is 2. The Kier molecular flexibility index (Phi) is 14.9. The summed E-state index contributed by atoms with van der Waals surface area (Å²) in [5, 5.41) is 4.93. The quantitative estimate of drug-likeness (QED) is 0.0955. The Morgan fingerprint density at radius 2 is 1.44 bits per heavy atom. The fourth-order valence-electron chi connectivity index (χ4n) is 9.10. The number of imidazole rings is 2. The van der Waals surface area contributed by atoms with Gasteiger partial charge in [-0.15, -0.1) is 25.7 Å². The van der Waals surface area contributed by atoms with Gasteiger partial charge in [-0.25, -0.2) is 19.6 Å². The van der Waals surface area contributed by atoms with E-state index in [1.807, 2.05) is 29.2 Å². The fourth-order valence-corrected chi connectivity index (χ4v) is 9.10. The van der Waals surface area contributed by atoms with E-state index >= 15 is 8.78 Å². The molecule has 4 aliphatic rings. The molecule has 3 aliphatic carbocycles. The molecule has 0 radical (unpaired) electrons. The molecule has 0 spiro atoms. The van der Waals surface area contributed by atoms with E-state index in [2.05, 4.69) is 81.5 Å². The lowest BCUT2D eigenvalue weighted by molar-refractivity contribution is -0.135. The van der Waals surface area contributed by atoms with Gasteiger partial charge in [-0.3, -0.25) is 9.59 Å². The Hall–Kier alpha value is -7.20. The highest BCUT2D eigenvalue weighted by atomic mass is 19.3. The third kappa shape index (κ3) is 9.88. The molecule has 3 fully saturated rings. The molecule has 2 saturated carbocycles. The summed E-state index contributed by atoms with van der Waals surface area (Å²) in [6.07, 6.45) is 22.2. The number of piperidine rings is 1. The number of carbonyl (C=O) groups is 4. The molecule has 2 bridgehead atoms. The molecule has 14 nitrogen and oxygen atoms in total. The van der Waals surface area contributed by atoms with Crippen molar-refractivity contribution >= 4 is 35.0 Å². The SMILES string of the molecule is C#C.C#C.CCC.COC(=O)NCC(=O)N(Cc1ncc(-c2ccc3c(c2)C(F)(F)c2cc(-c4ccc5nc([C@@H]6[C@H]7CC[C@H](C7)N6C(=O)CNC(=O)OC)[nH]c5c4)ccc2-3)[nH]1)CC1(C)CC1. The van der Waals surface area contributed by atoms with Crippen LogP contribution in [0.1, 0.15) is 88.1 Å². The number of carbonyl (C=O) groups excluding carboxylic acids is 4. The van der Waals surface area contributed by atoms with Gasteiger partial charge < -0.3 is 39.9 Å². The molecule has 1 saturated heterocycles. The van der Waals surface area contributed by atoms with Crippen LogP contribution in [0.4, 0.5) is 18.4 Å². The molecule has 2 aromatic heterocycles. The summed E-state index contributed by atoms with van der Waals surface area (Å²) in [5.74, 6) is -2.36. The maximum atomic E-state index is 16.4. The largest absolute Gasteiger partial charge is 0.453 e. The van der Waals surface area contributed by atoms with Crippen molar-refractivity contribution in [3.63, 3.8) is 0 Å². The summed E-state index contributed by atoms with van der Waals surface area (Å²) in [4.78, 5) is 69.1. The van der Waals surface area contributed by atoms with E-state index < -0.39 is 18.1 Å². The first-order chi connectivity index (χ1) is 31.7. The minimum absolute atomic E-state index is 0.000371. The summed E-state index contributed by atoms with van der Waals surface area (Å²) in [6, 6.07) is 15.6. The predicted molar refractivity (Wildman–Crippen MR) is 248 cm³/mol. The highest BCUT2D eigenvalue weighted by Crippen LogP contribution is 2.53. The molecule has 346 valence electrons. The summed E-state index contributed by atoms with van der Waals surface area (Å²) in [5.41, 5.74) is 4.58. The molecule has 4 amide bonds. The van der Waals surface area contributed by atoms with E-state index in [-0.39, 0.29) is 66.0 Å². The van der Waals surface area contributed by atoms with E-state index in [4.69, 9.17) is 4.98 Å². The van der Waals surface area contributed by atoms with Crippen LogP contribution in [-0.2, 0) is 31.5 Å². The second-order valence-corrected chi connectivity index (χ2v) is 17.1. The number of methoxy groups -OCH3 is 2. The van der Waals surface area contributed by atoms with Gasteiger partial charge in [-0.2, -0.15) is 8.78 Å². The number of hydrogen-bond donors (Lipinski definition) is 4. The number of aromatic nitrogens is 4. The number of fused-ring (bicyclic) bond motifs is 6. The lowest BCUT2D eigenvalue weighted by Crippen LogP contribution is -2.45. The molecule has 16 heteroatoms. The monoisotopic (exact) mass is 902 g/mol. The number of hydrogen-bond acceptors (Lipinski definition) is 8. The van der Waals surface area contributed by atoms with Crippen LogP contribution in [0.2, 0.25) is 0 Å². The fraction of sp³-hybridized carbons (Fsp3) is 0.400. The zero-order valence-corrected chi connectivity index (χ0v) is 37.9. The Morgan fingerprint density at radius 3 is 2.08 bits per heavy atom. The summed E-state index contributed by atoms with van der Waals surface area (Å²) in [7, 11) is 2.48. The minimum atomic E-state index is -3.28. The van der Waals surface area contributed by atoms with E-state index in [0.29, 0.717) is 51.7 Å². The second-order valence-electron chi connectivity index (χ2n) is 17.1. The molecule has 1 aliphatic heterocycles. The van der Waals surface area contributed by atoms with Gasteiger partial charge in [0.15, 0.2) is 0 Å². The number of alkyl halides is 2. The van der Waals surface area contributed by atoms with Crippen LogP contribution in [0.25, 0.3) is 44.5 Å². The van der Waals surface area contributed by atoms with Crippen molar-refractivity contribution in [2.45, 2.75) is 83.8 Å². The molecule has 5 aromatic rings. The number of halogens is 2. The molecule has 4 N–H and O–H groups in total. The van der Waals surface area contributed by atoms with Gasteiger partial charge in [0.1, 0.15) is 24.7 Å². The van der Waals surface area contributed by atoms with Gasteiger partial charge in [-0.1, -0.05) is 57.5 Å². The topological polar surface area (TPSA) is 175 Å². The number of rotatable bonds is 11. The van der Waals surface area contributed by atoms with Crippen LogP contribution >= 0.6 is 0 Å². The second kappa shape index (κ2) is 20.3. The molecular formula is C50H56F2N8O6. The van der Waals surface area contributed by atoms with Crippen molar-refractivity contribution in [1.82, 2.24) is 40.4 Å². The Balaban J connectivity index is 0.000000977. The summed E-state index contributed by atoms with van der Waals surface area (Å²) in [6.45, 7) is 6.61. The molecule has 66 heavy (non-hydrogen) atoms. The zero-order chi connectivity index (χ0) is 47.9. The lowest BCUT2D eigenvalue weighted by atomic mass is 9.98. The number of amides is 4. The van der Waals surface area contributed by atoms with Gasteiger partial charge in [0, 0.05) is 29.3 Å². The van der Waals surface area contributed by atoms with Crippen molar-refractivity contribution < 1.29 is 37.4 Å². The van der Waals surface area contributed by atoms with Crippen LogP contribution in [0.5, 0.6) is 0 Å². The number of likely N-dealkylation sites (tertiary alicyclic amines) is 1. The number of benzene rings is 3. The van der Waals surface area contributed by atoms with Crippen molar-refractivity contribution in [3.8, 4) is 59.2 Å². The van der Waals surface area contributed by atoms with E-state index in [0.717, 1.165) is 43.2 Å². The lowest BCUT2D eigenvalue weighted by Gasteiger charge is -2.34. The van der Waals surface area contributed by atoms with Gasteiger partial charge >= 0.3 is 12.2 Å². The van der Waals surface area contributed by atoms with E-state index in [1.54, 1.807) is 35.4 Å². The van der Waals surface area contributed by atoms with Gasteiger partial charge in [0.2, 0.25) is 11.8 Å². The van der Waals surface area contributed by atoms with Crippen LogP contribution in [0.3, 0.4) is 0 Å². The normalized spacial score (nSPS) is 18.4. The third-order valence-electron chi connectivity index (χ3n) is 12.4. The van der Waals surface area contributed by atoms with Crippen molar-refractivity contribution in [1.29, 1.82) is 0 Å². The Morgan fingerprint density at radius 1 is 0.848 bits per heavy atom. The van der Waals surface area contributed by atoms with Crippen LogP contribution in [-0.4, -0.2) is 93.6 Å². The molecule has 3 atom stereocenters. The smallest absolute Gasteiger partial charge is 0.407 e. The molecule has 3 heterocycles. The standard InChI is InChI=1S/C43H44F2N8O6.C3H8.2C2H2/c1-42(12-13-42)22-52(36(54)19-47-40(56)58-2)21-35-46-18-34(49-35)25-6-10-29-28-9-5-23(15-30(28)43(44,45)31(29)16-25)24-7-11-32-33(17-24)51-39(50-32)38-26-4-8-27(14-26)53(38)37(55)20-48-41(57)59-3;1-3-2;2*1-2/h5-7,9-11,15-18,26-27,38H,4,8,12-14,19-22H2,1-3H3,(H,46,49)(H,47,56)(H,48,57)(H,50,51);3H2,1-2H3;2*1-2H/t26-,27+,38-;;;/m0.../s1. The minimum Gasteiger partial charge on any atom is -0.453 e. The average molecular weight is 903 g/mol. The number of H-pyrrole nitrogens is 2. The van der Waals surface area contributed by atoms with Crippen LogP contribution in [0.15, 0.2) is 60.8 Å². The first-order valence-corrected chi connectivity index (χ1v) is 21.9. The van der Waals surface area contributed by atoms with Crippen molar-refractivity contribution in [2.24, 2.45) is 11.3 Å². The van der Waals surface area contributed by atoms with Gasteiger partial charge in [0.25, 0.3) is 5.92 Å². The first-order valence-electron chi connectivity index (χ1n) is 21.9. The molecule has 3 aromatic carbocycles. The van der Waals surface area contributed by atoms with Gasteiger partial charge in [-0.05, 0) is 90.0 Å². The highest BCUT2D eigenvalue weighted by Gasteiger charge is 2.50. The van der Waals surface area contributed by atoms with Crippen LogP contribution < -0.4 is 10.6 Å². The Bertz CT molecular complexity index is 2620. The number of ether oxygens (including phenoxy) is 2. The molecule has 0 unspecified atom stereocenters. The zero-order valence-electron chi connectivity index (χ0n) is 37.9. The molecular weight excluding hydrogens is 847 g/mol. The number of nitrogens with one attached hydrogen (secondary N) is 4. The number of terminal acetylenes is 2. The number of aromatic amines is 2. The maximum Gasteiger partial charge on any atom is 0.407 e. The Labute approximate surface area is 383 Å². The van der Waals surface area contributed by atoms with E-state index in [9.17, 15) is 19.2 Å². The first kappa shape index (κ1) is 48.3. The third-order valence-corrected chi connectivity index (χ3v) is 12.4. The molecule has 9 rings (SSSR count). The van der Waals surface area contributed by atoms with E-state index in [1.165, 1.54) is 26.7 Å².